The fourth-order valence-corrected chi connectivity index (χ4v) is 2.54. The molecular weight excluding hydrogens is 304 g/mol. The van der Waals surface area contributed by atoms with Gasteiger partial charge in [-0.25, -0.2) is 0 Å². The van der Waals surface area contributed by atoms with Crippen LogP contribution in [0.1, 0.15) is 21.9 Å². The first-order chi connectivity index (χ1) is 10.1. The highest BCUT2D eigenvalue weighted by molar-refractivity contribution is 5.93. The predicted molar refractivity (Wildman–Crippen MR) is 86.2 cm³/mol. The maximum Gasteiger partial charge on any atom is 0.269 e. The second-order valence-electron chi connectivity index (χ2n) is 5.57. The van der Waals surface area contributed by atoms with Gasteiger partial charge in [-0.05, 0) is 19.9 Å². The Kier molecular flexibility index (Phi) is 4.87. The number of amides is 1. The Balaban J connectivity index is 0.00000176. The fourth-order valence-electron chi connectivity index (χ4n) is 2.54. The summed E-state index contributed by atoms with van der Waals surface area (Å²) in [5.74, 6) is 0.430. The molecule has 0 atom stereocenters. The molecule has 7 nitrogen and oxygen atoms in total. The number of aryl methyl sites for hydroxylation is 2. The summed E-state index contributed by atoms with van der Waals surface area (Å²) in [4.78, 5) is 12.1. The maximum atomic E-state index is 12.1. The Labute approximate surface area is 135 Å². The second-order valence-corrected chi connectivity index (χ2v) is 5.57. The van der Waals surface area contributed by atoms with Gasteiger partial charge in [0.05, 0.1) is 11.4 Å². The molecule has 0 bridgehead atoms. The largest absolute Gasteiger partial charge is 0.350 e. The molecule has 2 aromatic rings. The number of H-pyrrole nitrogens is 1. The summed E-state index contributed by atoms with van der Waals surface area (Å²) < 4.78 is 1.82. The van der Waals surface area contributed by atoms with Crippen molar-refractivity contribution in [2.24, 2.45) is 13.0 Å². The summed E-state index contributed by atoms with van der Waals surface area (Å²) >= 11 is 0. The third-order valence-electron chi connectivity index (χ3n) is 4.00. The van der Waals surface area contributed by atoms with E-state index in [2.05, 4.69) is 25.9 Å². The van der Waals surface area contributed by atoms with Crippen molar-refractivity contribution in [3.05, 3.63) is 23.1 Å². The topological polar surface area (TPSA) is 87.6 Å². The Bertz CT molecular complexity index is 673. The van der Waals surface area contributed by atoms with E-state index in [0.717, 1.165) is 35.7 Å². The summed E-state index contributed by atoms with van der Waals surface area (Å²) in [5, 5.41) is 17.6. The van der Waals surface area contributed by atoms with Gasteiger partial charge >= 0.3 is 0 Å². The number of carbonyl (C=O) groups excluding carboxylic acids is 1. The molecule has 0 unspecified atom stereocenters. The van der Waals surface area contributed by atoms with Crippen LogP contribution >= 0.6 is 12.4 Å². The lowest BCUT2D eigenvalue weighted by Crippen LogP contribution is -2.48. The molecule has 0 saturated carbocycles. The van der Waals surface area contributed by atoms with Gasteiger partial charge in [0.1, 0.15) is 5.69 Å². The van der Waals surface area contributed by atoms with Crippen LogP contribution in [0.15, 0.2) is 6.07 Å². The van der Waals surface area contributed by atoms with Crippen LogP contribution < -0.4 is 10.6 Å². The molecular formula is C14H21ClN6O. The molecule has 0 radical (unpaired) electrons. The van der Waals surface area contributed by atoms with Gasteiger partial charge in [-0.1, -0.05) is 0 Å². The fraction of sp³-hybridized carbons (Fsp3) is 0.500. The molecule has 1 aliphatic heterocycles. The normalized spacial score (nSPS) is 14.3. The zero-order valence-corrected chi connectivity index (χ0v) is 13.8. The second kappa shape index (κ2) is 6.50. The van der Waals surface area contributed by atoms with Gasteiger partial charge in [-0.2, -0.15) is 10.2 Å². The first kappa shape index (κ1) is 16.5. The van der Waals surface area contributed by atoms with E-state index in [9.17, 15) is 4.79 Å². The van der Waals surface area contributed by atoms with Crippen LogP contribution in [0.25, 0.3) is 11.3 Å². The van der Waals surface area contributed by atoms with E-state index in [0.29, 0.717) is 18.2 Å². The standard InChI is InChI=1S/C14H20N6O.ClH/c1-8-13(9(2)20(3)19-8)11-4-12(18-17-11)14(21)16-7-10-5-15-6-10;/h4,10,15H,5-7H2,1-3H3,(H,16,21)(H,17,18);1H. The highest BCUT2D eigenvalue weighted by atomic mass is 35.5. The van der Waals surface area contributed by atoms with E-state index in [1.807, 2.05) is 25.6 Å². The number of rotatable bonds is 4. The SMILES string of the molecule is Cc1nn(C)c(C)c1-c1cc(C(=O)NCC2CNC2)[nH]n1.Cl. The quantitative estimate of drug-likeness (QED) is 0.776. The van der Waals surface area contributed by atoms with E-state index in [4.69, 9.17) is 0 Å². The van der Waals surface area contributed by atoms with Gasteiger partial charge in [0, 0.05) is 43.9 Å². The summed E-state index contributed by atoms with van der Waals surface area (Å²) in [6, 6.07) is 1.78. The van der Waals surface area contributed by atoms with Crippen LogP contribution in [-0.4, -0.2) is 45.5 Å². The Hall–Kier alpha value is -1.86. The summed E-state index contributed by atoms with van der Waals surface area (Å²) in [5.41, 5.74) is 4.17. The molecule has 8 heteroatoms. The lowest BCUT2D eigenvalue weighted by molar-refractivity contribution is 0.0937. The highest BCUT2D eigenvalue weighted by Crippen LogP contribution is 2.25. The molecule has 2 aromatic heterocycles. The molecule has 3 rings (SSSR count). The van der Waals surface area contributed by atoms with Crippen LogP contribution in [0.4, 0.5) is 0 Å². The van der Waals surface area contributed by atoms with Crippen molar-refractivity contribution in [2.75, 3.05) is 19.6 Å². The molecule has 0 aromatic carbocycles. The number of halogens is 1. The van der Waals surface area contributed by atoms with Crippen molar-refractivity contribution in [2.45, 2.75) is 13.8 Å². The minimum absolute atomic E-state index is 0. The average Bonchev–Trinajstić information content (AvgIpc) is 2.94. The van der Waals surface area contributed by atoms with Crippen LogP contribution in [0, 0.1) is 19.8 Å². The third kappa shape index (κ3) is 3.00. The van der Waals surface area contributed by atoms with Crippen molar-refractivity contribution >= 4 is 18.3 Å². The van der Waals surface area contributed by atoms with Crippen LogP contribution in [-0.2, 0) is 7.05 Å². The van der Waals surface area contributed by atoms with E-state index in [-0.39, 0.29) is 18.3 Å². The summed E-state index contributed by atoms with van der Waals surface area (Å²) in [6.07, 6.45) is 0. The van der Waals surface area contributed by atoms with Gasteiger partial charge < -0.3 is 10.6 Å². The zero-order valence-electron chi connectivity index (χ0n) is 12.9. The number of hydrogen-bond acceptors (Lipinski definition) is 4. The average molecular weight is 325 g/mol. The number of nitrogens with one attached hydrogen (secondary N) is 3. The highest BCUT2D eigenvalue weighted by Gasteiger charge is 2.20. The summed E-state index contributed by atoms with van der Waals surface area (Å²) in [7, 11) is 1.90. The number of nitrogens with zero attached hydrogens (tertiary/aromatic N) is 3. The number of aromatic nitrogens is 4. The van der Waals surface area contributed by atoms with Gasteiger partial charge in [0.2, 0.25) is 0 Å². The van der Waals surface area contributed by atoms with Crippen LogP contribution in [0.2, 0.25) is 0 Å². The lowest BCUT2D eigenvalue weighted by atomic mass is 10.0. The molecule has 1 aliphatic rings. The first-order valence-electron chi connectivity index (χ1n) is 7.11. The molecule has 120 valence electrons. The number of aromatic amines is 1. The number of hydrogen-bond donors (Lipinski definition) is 3. The number of carbonyl (C=O) groups is 1. The Morgan fingerprint density at radius 3 is 2.73 bits per heavy atom. The van der Waals surface area contributed by atoms with E-state index in [1.54, 1.807) is 6.07 Å². The molecule has 3 N–H and O–H groups in total. The van der Waals surface area contributed by atoms with Crippen molar-refractivity contribution in [3.63, 3.8) is 0 Å². The minimum atomic E-state index is -0.111. The van der Waals surface area contributed by atoms with Gasteiger partial charge in [0.25, 0.3) is 5.91 Å². The van der Waals surface area contributed by atoms with E-state index >= 15 is 0 Å². The van der Waals surface area contributed by atoms with Crippen molar-refractivity contribution in [1.29, 1.82) is 0 Å². The van der Waals surface area contributed by atoms with Gasteiger partial charge in [0.15, 0.2) is 0 Å². The summed E-state index contributed by atoms with van der Waals surface area (Å²) in [6.45, 7) is 6.59. The molecule has 1 saturated heterocycles. The Morgan fingerprint density at radius 2 is 2.18 bits per heavy atom. The minimum Gasteiger partial charge on any atom is -0.350 e. The van der Waals surface area contributed by atoms with Gasteiger partial charge in [-0.3, -0.25) is 14.6 Å². The first-order valence-corrected chi connectivity index (χ1v) is 7.11. The maximum absolute atomic E-state index is 12.1. The van der Waals surface area contributed by atoms with E-state index in [1.165, 1.54) is 0 Å². The lowest BCUT2D eigenvalue weighted by Gasteiger charge is -2.26. The molecule has 1 fully saturated rings. The van der Waals surface area contributed by atoms with Gasteiger partial charge in [-0.15, -0.1) is 12.4 Å². The molecule has 22 heavy (non-hydrogen) atoms. The monoisotopic (exact) mass is 324 g/mol. The Morgan fingerprint density at radius 1 is 1.45 bits per heavy atom. The molecule has 3 heterocycles. The molecule has 0 aliphatic carbocycles. The van der Waals surface area contributed by atoms with Crippen LogP contribution in [0.5, 0.6) is 0 Å². The predicted octanol–water partition coefficient (Wildman–Crippen LogP) is 0.798. The van der Waals surface area contributed by atoms with Crippen LogP contribution in [0.3, 0.4) is 0 Å². The van der Waals surface area contributed by atoms with Crippen molar-refractivity contribution < 1.29 is 4.79 Å². The van der Waals surface area contributed by atoms with E-state index < -0.39 is 0 Å². The smallest absolute Gasteiger partial charge is 0.269 e. The molecule has 1 amide bonds. The third-order valence-corrected chi connectivity index (χ3v) is 4.00. The zero-order chi connectivity index (χ0) is 15.0. The van der Waals surface area contributed by atoms with Crippen molar-refractivity contribution in [3.8, 4) is 11.3 Å². The van der Waals surface area contributed by atoms with Crippen molar-refractivity contribution in [1.82, 2.24) is 30.6 Å². The molecule has 0 spiro atoms.